The molecule has 2 nitrogen and oxygen atoms in total. The zero-order valence-corrected chi connectivity index (χ0v) is 10.7. The fourth-order valence-electron chi connectivity index (χ4n) is 3.33. The molecule has 3 rings (SSSR count). The van der Waals surface area contributed by atoms with Gasteiger partial charge in [-0.3, -0.25) is 0 Å². The Morgan fingerprint density at radius 2 is 2.24 bits per heavy atom. The fraction of sp³-hybridized carbons (Fsp3) is 0.467. The van der Waals surface area contributed by atoms with Gasteiger partial charge in [-0.05, 0) is 43.9 Å². The summed E-state index contributed by atoms with van der Waals surface area (Å²) in [5, 5.41) is 1.45. The van der Waals surface area contributed by atoms with E-state index in [2.05, 4.69) is 36.7 Å². The first-order chi connectivity index (χ1) is 8.22. The van der Waals surface area contributed by atoms with Crippen LogP contribution >= 0.6 is 0 Å². The second-order valence-electron chi connectivity index (χ2n) is 5.27. The Morgan fingerprint density at radius 3 is 3.00 bits per heavy atom. The van der Waals surface area contributed by atoms with Gasteiger partial charge in [-0.2, -0.15) is 0 Å². The van der Waals surface area contributed by atoms with E-state index < -0.39 is 0 Å². The average molecular weight is 228 g/mol. The van der Waals surface area contributed by atoms with E-state index in [9.17, 15) is 0 Å². The number of nitrogens with zero attached hydrogens (tertiary/aromatic N) is 1. The van der Waals surface area contributed by atoms with Crippen molar-refractivity contribution in [3.63, 3.8) is 0 Å². The average Bonchev–Trinajstić information content (AvgIpc) is 2.63. The molecule has 1 aliphatic carbocycles. The Labute approximate surface area is 102 Å². The van der Waals surface area contributed by atoms with Gasteiger partial charge in [-0.15, -0.1) is 0 Å². The molecule has 0 radical (unpaired) electrons. The minimum absolute atomic E-state index is 0.552. The first-order valence-corrected chi connectivity index (χ1v) is 6.50. The maximum Gasteiger partial charge on any atom is 0.0483 e. The molecular formula is C15H20N2. The van der Waals surface area contributed by atoms with Crippen molar-refractivity contribution in [1.82, 2.24) is 4.57 Å². The molecule has 2 heteroatoms. The summed E-state index contributed by atoms with van der Waals surface area (Å²) in [4.78, 5) is 0. The summed E-state index contributed by atoms with van der Waals surface area (Å²) in [6.45, 7) is 2.94. The Bertz CT molecular complexity index is 566. The van der Waals surface area contributed by atoms with Crippen LogP contribution in [-0.4, -0.2) is 11.1 Å². The van der Waals surface area contributed by atoms with Crippen molar-refractivity contribution in [2.45, 2.75) is 32.1 Å². The molecule has 2 N–H and O–H groups in total. The highest BCUT2D eigenvalue weighted by Crippen LogP contribution is 2.37. The van der Waals surface area contributed by atoms with Gasteiger partial charge in [-0.25, -0.2) is 0 Å². The van der Waals surface area contributed by atoms with E-state index in [0.717, 1.165) is 6.54 Å². The summed E-state index contributed by atoms with van der Waals surface area (Å²) in [6, 6.07) is 6.77. The van der Waals surface area contributed by atoms with E-state index in [1.807, 2.05) is 0 Å². The van der Waals surface area contributed by atoms with Crippen LogP contribution in [0.1, 0.15) is 35.6 Å². The van der Waals surface area contributed by atoms with Crippen LogP contribution in [0.15, 0.2) is 18.2 Å². The minimum atomic E-state index is 0.552. The van der Waals surface area contributed by atoms with Gasteiger partial charge in [0.15, 0.2) is 0 Å². The molecule has 1 atom stereocenters. The number of nitrogens with two attached hydrogens (primary N) is 1. The molecule has 1 heterocycles. The van der Waals surface area contributed by atoms with E-state index in [1.54, 1.807) is 5.56 Å². The van der Waals surface area contributed by atoms with Crippen LogP contribution < -0.4 is 5.73 Å². The predicted molar refractivity (Wildman–Crippen MR) is 72.4 cm³/mol. The van der Waals surface area contributed by atoms with Crippen LogP contribution in [0.5, 0.6) is 0 Å². The number of benzene rings is 1. The van der Waals surface area contributed by atoms with E-state index in [1.165, 1.54) is 41.4 Å². The highest BCUT2D eigenvalue weighted by molar-refractivity contribution is 5.86. The molecule has 90 valence electrons. The molecule has 0 fully saturated rings. The largest absolute Gasteiger partial charge is 0.347 e. The van der Waals surface area contributed by atoms with Crippen LogP contribution in [0.4, 0.5) is 0 Å². The SMILES string of the molecule is Cc1ccc2c(c1)c1c(n2C)C(CN)CCC1. The lowest BCUT2D eigenvalue weighted by atomic mass is 9.86. The third kappa shape index (κ3) is 1.51. The number of rotatable bonds is 1. The van der Waals surface area contributed by atoms with Crippen molar-refractivity contribution < 1.29 is 0 Å². The Kier molecular flexibility index (Phi) is 2.48. The first-order valence-electron chi connectivity index (χ1n) is 6.50. The van der Waals surface area contributed by atoms with E-state index in [-0.39, 0.29) is 0 Å². The van der Waals surface area contributed by atoms with Crippen molar-refractivity contribution in [2.75, 3.05) is 6.54 Å². The zero-order valence-electron chi connectivity index (χ0n) is 10.7. The summed E-state index contributed by atoms with van der Waals surface area (Å²) < 4.78 is 2.36. The van der Waals surface area contributed by atoms with Crippen molar-refractivity contribution >= 4 is 10.9 Å². The maximum atomic E-state index is 5.93. The Morgan fingerprint density at radius 1 is 1.41 bits per heavy atom. The lowest BCUT2D eigenvalue weighted by Gasteiger charge is -2.23. The highest BCUT2D eigenvalue weighted by atomic mass is 15.0. The normalized spacial score (nSPS) is 19.6. The van der Waals surface area contributed by atoms with Crippen LogP contribution in [0, 0.1) is 6.92 Å². The zero-order chi connectivity index (χ0) is 12.0. The second-order valence-corrected chi connectivity index (χ2v) is 5.27. The number of hydrogen-bond donors (Lipinski definition) is 1. The van der Waals surface area contributed by atoms with Gasteiger partial charge in [-0.1, -0.05) is 11.6 Å². The molecule has 17 heavy (non-hydrogen) atoms. The third-order valence-corrected chi connectivity index (χ3v) is 4.16. The van der Waals surface area contributed by atoms with Crippen LogP contribution in [0.25, 0.3) is 10.9 Å². The number of aromatic nitrogens is 1. The van der Waals surface area contributed by atoms with Crippen LogP contribution in [0.2, 0.25) is 0 Å². The molecule has 0 spiro atoms. The molecule has 1 unspecified atom stereocenters. The maximum absolute atomic E-state index is 5.93. The minimum Gasteiger partial charge on any atom is -0.347 e. The molecule has 1 aliphatic rings. The standard InChI is InChI=1S/C15H20N2/c1-10-6-7-14-13(8-10)12-5-3-4-11(9-16)15(12)17(14)2/h6-8,11H,3-5,9,16H2,1-2H3. The molecule has 0 saturated heterocycles. The molecule has 0 saturated carbocycles. The molecule has 0 bridgehead atoms. The van der Waals surface area contributed by atoms with Crippen molar-refractivity contribution in [3.05, 3.63) is 35.0 Å². The lowest BCUT2D eigenvalue weighted by Crippen LogP contribution is -2.20. The quantitative estimate of drug-likeness (QED) is 0.799. The summed E-state index contributed by atoms with van der Waals surface area (Å²) in [7, 11) is 2.18. The van der Waals surface area contributed by atoms with Gasteiger partial charge in [0.25, 0.3) is 0 Å². The van der Waals surface area contributed by atoms with Crippen molar-refractivity contribution in [1.29, 1.82) is 0 Å². The lowest BCUT2D eigenvalue weighted by molar-refractivity contribution is 0.534. The number of hydrogen-bond acceptors (Lipinski definition) is 1. The molecule has 0 aliphatic heterocycles. The van der Waals surface area contributed by atoms with Crippen LogP contribution in [-0.2, 0) is 13.5 Å². The van der Waals surface area contributed by atoms with Crippen molar-refractivity contribution in [2.24, 2.45) is 12.8 Å². The summed E-state index contributed by atoms with van der Waals surface area (Å²) >= 11 is 0. The van der Waals surface area contributed by atoms with E-state index >= 15 is 0 Å². The van der Waals surface area contributed by atoms with Gasteiger partial charge < -0.3 is 10.3 Å². The van der Waals surface area contributed by atoms with Gasteiger partial charge in [0, 0.05) is 36.1 Å². The summed E-state index contributed by atoms with van der Waals surface area (Å²) in [5.41, 5.74) is 11.7. The summed E-state index contributed by atoms with van der Waals surface area (Å²) in [6.07, 6.45) is 3.74. The highest BCUT2D eigenvalue weighted by Gasteiger charge is 2.25. The number of aryl methyl sites for hydroxylation is 3. The predicted octanol–water partition coefficient (Wildman–Crippen LogP) is 2.87. The smallest absolute Gasteiger partial charge is 0.0483 e. The van der Waals surface area contributed by atoms with E-state index in [0.29, 0.717) is 5.92 Å². The van der Waals surface area contributed by atoms with E-state index in [4.69, 9.17) is 5.73 Å². The topological polar surface area (TPSA) is 30.9 Å². The monoisotopic (exact) mass is 228 g/mol. The van der Waals surface area contributed by atoms with Crippen molar-refractivity contribution in [3.8, 4) is 0 Å². The molecule has 0 amide bonds. The van der Waals surface area contributed by atoms with Gasteiger partial charge in [0.1, 0.15) is 0 Å². The Balaban J connectivity index is 2.33. The molecule has 1 aromatic carbocycles. The van der Waals surface area contributed by atoms with Gasteiger partial charge >= 0.3 is 0 Å². The molecule has 2 aromatic rings. The third-order valence-electron chi connectivity index (χ3n) is 4.16. The number of fused-ring (bicyclic) bond motifs is 3. The van der Waals surface area contributed by atoms with Crippen LogP contribution in [0.3, 0.4) is 0 Å². The molecule has 1 aromatic heterocycles. The van der Waals surface area contributed by atoms with Gasteiger partial charge in [0.2, 0.25) is 0 Å². The first kappa shape index (κ1) is 10.8. The Hall–Kier alpha value is -1.28. The second kappa shape index (κ2) is 3.88. The fourth-order valence-corrected chi connectivity index (χ4v) is 3.33. The van der Waals surface area contributed by atoms with Gasteiger partial charge in [0.05, 0.1) is 0 Å². The summed E-state index contributed by atoms with van der Waals surface area (Å²) in [5.74, 6) is 0.552. The molecular weight excluding hydrogens is 208 g/mol.